The molecule has 5 heteroatoms. The number of para-hydroxylation sites is 3. The summed E-state index contributed by atoms with van der Waals surface area (Å²) < 4.78 is 7.62. The van der Waals surface area contributed by atoms with E-state index in [9.17, 15) is 5.26 Å². The van der Waals surface area contributed by atoms with Gasteiger partial charge in [-0.2, -0.15) is 10.4 Å². The van der Waals surface area contributed by atoms with Gasteiger partial charge in [-0.3, -0.25) is 0 Å². The highest BCUT2D eigenvalue weighted by molar-refractivity contribution is 5.91. The first kappa shape index (κ1) is 17.7. The monoisotopic (exact) mass is 388 g/mol. The molecule has 0 fully saturated rings. The van der Waals surface area contributed by atoms with Gasteiger partial charge in [-0.1, -0.05) is 60.7 Å². The van der Waals surface area contributed by atoms with Gasteiger partial charge in [0.05, 0.1) is 11.4 Å². The number of hydrogen-bond acceptors (Lipinski definition) is 4. The largest absolute Gasteiger partial charge is 0.435 e. The molecule has 0 radical (unpaired) electrons. The van der Waals surface area contributed by atoms with Crippen LogP contribution in [0.4, 0.5) is 0 Å². The van der Waals surface area contributed by atoms with Crippen LogP contribution in [0.1, 0.15) is 11.5 Å². The molecule has 2 heterocycles. The normalized spacial score (nSPS) is 11.5. The number of oxazole rings is 1. The Morgan fingerprint density at radius 2 is 1.60 bits per heavy atom. The Kier molecular flexibility index (Phi) is 4.43. The van der Waals surface area contributed by atoms with E-state index in [1.165, 1.54) is 0 Å². The van der Waals surface area contributed by atoms with Crippen molar-refractivity contribution in [1.29, 1.82) is 5.26 Å². The highest BCUT2D eigenvalue weighted by atomic mass is 16.3. The highest BCUT2D eigenvalue weighted by Gasteiger charge is 2.15. The van der Waals surface area contributed by atoms with Crippen molar-refractivity contribution in [2.24, 2.45) is 0 Å². The summed E-state index contributed by atoms with van der Waals surface area (Å²) in [4.78, 5) is 4.46. The number of nitriles is 1. The van der Waals surface area contributed by atoms with Crippen molar-refractivity contribution in [1.82, 2.24) is 14.8 Å². The summed E-state index contributed by atoms with van der Waals surface area (Å²) in [6, 6.07) is 29.5. The zero-order valence-corrected chi connectivity index (χ0v) is 15.9. The quantitative estimate of drug-likeness (QED) is 0.368. The predicted molar refractivity (Wildman–Crippen MR) is 116 cm³/mol. The van der Waals surface area contributed by atoms with Crippen molar-refractivity contribution in [3.8, 4) is 23.0 Å². The fourth-order valence-electron chi connectivity index (χ4n) is 3.31. The van der Waals surface area contributed by atoms with Crippen molar-refractivity contribution >= 4 is 22.7 Å². The SMILES string of the molecule is N#C/C(=C\c1cn(-c2ccccc2)nc1-c1ccccc1)c1nc2ccccc2o1. The number of fused-ring (bicyclic) bond motifs is 1. The summed E-state index contributed by atoms with van der Waals surface area (Å²) in [6.45, 7) is 0. The van der Waals surface area contributed by atoms with Crippen molar-refractivity contribution in [2.45, 2.75) is 0 Å². The fourth-order valence-corrected chi connectivity index (χ4v) is 3.31. The van der Waals surface area contributed by atoms with Crippen LogP contribution in [0.2, 0.25) is 0 Å². The van der Waals surface area contributed by atoms with E-state index in [0.717, 1.165) is 28.0 Å². The van der Waals surface area contributed by atoms with Crippen LogP contribution in [0.3, 0.4) is 0 Å². The van der Waals surface area contributed by atoms with Crippen molar-refractivity contribution in [3.63, 3.8) is 0 Å². The second-order valence-corrected chi connectivity index (χ2v) is 6.74. The first-order chi connectivity index (χ1) is 14.8. The van der Waals surface area contributed by atoms with Gasteiger partial charge in [0.15, 0.2) is 5.58 Å². The number of allylic oxidation sites excluding steroid dienone is 1. The molecular formula is C25H16N4O. The minimum Gasteiger partial charge on any atom is -0.435 e. The fraction of sp³-hybridized carbons (Fsp3) is 0. The minimum atomic E-state index is 0.296. The second-order valence-electron chi connectivity index (χ2n) is 6.74. The summed E-state index contributed by atoms with van der Waals surface area (Å²) in [6.07, 6.45) is 3.69. The Bertz CT molecular complexity index is 1360. The van der Waals surface area contributed by atoms with Gasteiger partial charge in [-0.15, -0.1) is 0 Å². The van der Waals surface area contributed by atoms with Crippen molar-refractivity contribution in [2.75, 3.05) is 0 Å². The third-order valence-electron chi connectivity index (χ3n) is 4.76. The Balaban J connectivity index is 1.66. The van der Waals surface area contributed by atoms with Crippen LogP contribution >= 0.6 is 0 Å². The molecule has 0 spiro atoms. The van der Waals surface area contributed by atoms with Gasteiger partial charge in [0.25, 0.3) is 0 Å². The van der Waals surface area contributed by atoms with E-state index in [0.29, 0.717) is 17.0 Å². The Morgan fingerprint density at radius 3 is 2.33 bits per heavy atom. The Morgan fingerprint density at radius 1 is 0.900 bits per heavy atom. The molecule has 5 nitrogen and oxygen atoms in total. The first-order valence-corrected chi connectivity index (χ1v) is 9.50. The molecule has 0 amide bonds. The molecule has 0 bridgehead atoms. The van der Waals surface area contributed by atoms with E-state index < -0.39 is 0 Å². The van der Waals surface area contributed by atoms with Crippen LogP contribution in [0.5, 0.6) is 0 Å². The maximum atomic E-state index is 9.81. The zero-order chi connectivity index (χ0) is 20.3. The molecule has 0 atom stereocenters. The van der Waals surface area contributed by atoms with Crippen LogP contribution in [-0.2, 0) is 0 Å². The zero-order valence-electron chi connectivity index (χ0n) is 15.9. The van der Waals surface area contributed by atoms with Gasteiger partial charge in [-0.25, -0.2) is 9.67 Å². The molecule has 142 valence electrons. The van der Waals surface area contributed by atoms with Gasteiger partial charge in [0.1, 0.15) is 17.2 Å². The van der Waals surface area contributed by atoms with Crippen molar-refractivity contribution in [3.05, 3.63) is 103 Å². The van der Waals surface area contributed by atoms with Crippen LogP contribution in [-0.4, -0.2) is 14.8 Å². The molecule has 0 unspecified atom stereocenters. The maximum absolute atomic E-state index is 9.81. The van der Waals surface area contributed by atoms with Gasteiger partial charge >= 0.3 is 0 Å². The molecule has 0 saturated carbocycles. The summed E-state index contributed by atoms with van der Waals surface area (Å²) >= 11 is 0. The van der Waals surface area contributed by atoms with Crippen LogP contribution in [0.25, 0.3) is 39.7 Å². The molecule has 0 N–H and O–H groups in total. The minimum absolute atomic E-state index is 0.296. The van der Waals surface area contributed by atoms with E-state index in [1.54, 1.807) is 6.08 Å². The summed E-state index contributed by atoms with van der Waals surface area (Å²) in [5.74, 6) is 0.296. The predicted octanol–water partition coefficient (Wildman–Crippen LogP) is 5.74. The Labute approximate surface area is 173 Å². The van der Waals surface area contributed by atoms with Gasteiger partial charge in [0, 0.05) is 17.3 Å². The molecule has 2 aromatic heterocycles. The Hall–Kier alpha value is -4.43. The molecule has 0 aliphatic heterocycles. The third kappa shape index (κ3) is 3.27. The number of aromatic nitrogens is 3. The number of nitrogens with zero attached hydrogens (tertiary/aromatic N) is 4. The molecule has 0 aliphatic rings. The van der Waals surface area contributed by atoms with Crippen LogP contribution in [0, 0.1) is 11.3 Å². The topological polar surface area (TPSA) is 67.6 Å². The van der Waals surface area contributed by atoms with Gasteiger partial charge in [0.2, 0.25) is 5.89 Å². The van der Waals surface area contributed by atoms with Gasteiger partial charge in [-0.05, 0) is 30.3 Å². The molecule has 30 heavy (non-hydrogen) atoms. The van der Waals surface area contributed by atoms with Crippen molar-refractivity contribution < 1.29 is 4.42 Å². The maximum Gasteiger partial charge on any atom is 0.238 e. The lowest BCUT2D eigenvalue weighted by molar-refractivity contribution is 0.586. The number of hydrogen-bond donors (Lipinski definition) is 0. The third-order valence-corrected chi connectivity index (χ3v) is 4.76. The molecule has 5 rings (SSSR count). The molecule has 0 saturated heterocycles. The van der Waals surface area contributed by atoms with E-state index in [4.69, 9.17) is 9.52 Å². The smallest absolute Gasteiger partial charge is 0.238 e. The summed E-state index contributed by atoms with van der Waals surface area (Å²) in [7, 11) is 0. The summed E-state index contributed by atoms with van der Waals surface area (Å²) in [5.41, 5.74) is 5.21. The number of benzene rings is 3. The number of rotatable bonds is 4. The van der Waals surface area contributed by atoms with E-state index >= 15 is 0 Å². The molecule has 3 aromatic carbocycles. The summed E-state index contributed by atoms with van der Waals surface area (Å²) in [5, 5.41) is 14.6. The highest BCUT2D eigenvalue weighted by Crippen LogP contribution is 2.28. The average Bonchev–Trinajstić information content (AvgIpc) is 3.43. The lowest BCUT2D eigenvalue weighted by atomic mass is 10.1. The van der Waals surface area contributed by atoms with Crippen LogP contribution < -0.4 is 0 Å². The lowest BCUT2D eigenvalue weighted by Gasteiger charge is -2.00. The van der Waals surface area contributed by atoms with E-state index in [1.807, 2.05) is 95.8 Å². The average molecular weight is 388 g/mol. The molecule has 0 aliphatic carbocycles. The molecular weight excluding hydrogens is 372 g/mol. The van der Waals surface area contributed by atoms with Gasteiger partial charge < -0.3 is 4.42 Å². The first-order valence-electron chi connectivity index (χ1n) is 9.50. The van der Waals surface area contributed by atoms with Crippen LogP contribution in [0.15, 0.2) is 95.5 Å². The second kappa shape index (κ2) is 7.53. The van der Waals surface area contributed by atoms with E-state index in [-0.39, 0.29) is 0 Å². The lowest BCUT2D eigenvalue weighted by Crippen LogP contribution is -1.93. The standard InChI is InChI=1S/C25H16N4O/c26-16-19(25-27-22-13-7-8-14-23(22)30-25)15-20-17-29(21-11-5-2-6-12-21)28-24(20)18-9-3-1-4-10-18/h1-15,17H/b19-15+. The molecule has 5 aromatic rings. The van der Waals surface area contributed by atoms with E-state index in [2.05, 4.69) is 11.1 Å².